The third-order valence-electron chi connectivity index (χ3n) is 3.45. The van der Waals surface area contributed by atoms with E-state index < -0.39 is 0 Å². The Balaban J connectivity index is 2.26. The zero-order chi connectivity index (χ0) is 12.4. The molecule has 1 aliphatic rings. The van der Waals surface area contributed by atoms with Gasteiger partial charge in [-0.05, 0) is 12.5 Å². The van der Waals surface area contributed by atoms with Crippen LogP contribution in [-0.4, -0.2) is 25.0 Å². The molecule has 0 aliphatic carbocycles. The predicted molar refractivity (Wildman–Crippen MR) is 66.3 cm³/mol. The van der Waals surface area contributed by atoms with E-state index in [0.717, 1.165) is 17.7 Å². The number of hydrogen-bond donors (Lipinski definition) is 0. The zero-order valence-corrected chi connectivity index (χ0v) is 10.4. The van der Waals surface area contributed by atoms with Gasteiger partial charge in [0.2, 0.25) is 0 Å². The maximum Gasteiger partial charge on any atom is 0.335 e. The van der Waals surface area contributed by atoms with E-state index in [2.05, 4.69) is 17.0 Å². The van der Waals surface area contributed by atoms with Crippen LogP contribution in [0.2, 0.25) is 0 Å². The first-order chi connectivity index (χ1) is 8.15. The van der Waals surface area contributed by atoms with Crippen LogP contribution in [0.25, 0.3) is 0 Å². The molecule has 3 nitrogen and oxygen atoms in total. The third-order valence-corrected chi connectivity index (χ3v) is 3.45. The number of hydrogen-bond acceptors (Lipinski definition) is 3. The van der Waals surface area contributed by atoms with Gasteiger partial charge in [-0.25, -0.2) is 4.79 Å². The van der Waals surface area contributed by atoms with Crippen molar-refractivity contribution in [1.29, 1.82) is 0 Å². The lowest BCUT2D eigenvalue weighted by Gasteiger charge is -2.23. The number of nitrogens with zero attached hydrogens (tertiary/aromatic N) is 1. The summed E-state index contributed by atoms with van der Waals surface area (Å²) in [4.78, 5) is 13.8. The number of allylic oxidation sites excluding steroid dienone is 1. The van der Waals surface area contributed by atoms with Crippen molar-refractivity contribution >= 4 is 5.97 Å². The molecule has 0 saturated carbocycles. The summed E-state index contributed by atoms with van der Waals surface area (Å²) in [5.41, 5.74) is 3.02. The fourth-order valence-corrected chi connectivity index (χ4v) is 2.30. The normalized spacial score (nSPS) is 19.7. The minimum Gasteiger partial charge on any atom is -0.466 e. The lowest BCUT2D eigenvalue weighted by Crippen LogP contribution is -2.17. The van der Waals surface area contributed by atoms with Gasteiger partial charge < -0.3 is 9.64 Å². The smallest absolute Gasteiger partial charge is 0.335 e. The number of rotatable bonds is 2. The summed E-state index contributed by atoms with van der Waals surface area (Å²) in [6, 6.07) is 10.5. The van der Waals surface area contributed by atoms with Crippen molar-refractivity contribution in [2.75, 3.05) is 14.2 Å². The average molecular weight is 231 g/mol. The van der Waals surface area contributed by atoms with Gasteiger partial charge in [0.15, 0.2) is 0 Å². The van der Waals surface area contributed by atoms with E-state index in [1.54, 1.807) is 0 Å². The Labute approximate surface area is 102 Å². The SMILES string of the molecule is COC(=O)C1=C(C)N(C)C(c2ccccc2)C1. The van der Waals surface area contributed by atoms with Crippen LogP contribution < -0.4 is 0 Å². The molecule has 0 aromatic heterocycles. The topological polar surface area (TPSA) is 29.5 Å². The monoisotopic (exact) mass is 231 g/mol. The van der Waals surface area contributed by atoms with E-state index in [-0.39, 0.29) is 12.0 Å². The van der Waals surface area contributed by atoms with E-state index in [9.17, 15) is 4.79 Å². The standard InChI is InChI=1S/C14H17NO2/c1-10-12(14(16)17-3)9-13(15(10)2)11-7-5-4-6-8-11/h4-8,13H,9H2,1-3H3. The molecule has 1 atom stereocenters. The fraction of sp³-hybridized carbons (Fsp3) is 0.357. The van der Waals surface area contributed by atoms with Crippen LogP contribution in [0.4, 0.5) is 0 Å². The Hall–Kier alpha value is -1.77. The highest BCUT2D eigenvalue weighted by atomic mass is 16.5. The first-order valence-corrected chi connectivity index (χ1v) is 5.71. The maximum absolute atomic E-state index is 11.6. The van der Waals surface area contributed by atoms with Gasteiger partial charge in [0.05, 0.1) is 18.7 Å². The second kappa shape index (κ2) is 4.62. The molecule has 1 heterocycles. The summed E-state index contributed by atoms with van der Waals surface area (Å²) < 4.78 is 4.81. The second-order valence-corrected chi connectivity index (χ2v) is 4.30. The van der Waals surface area contributed by atoms with Crippen molar-refractivity contribution in [2.45, 2.75) is 19.4 Å². The molecule has 3 heteroatoms. The van der Waals surface area contributed by atoms with E-state index in [4.69, 9.17) is 4.74 Å². The average Bonchev–Trinajstić information content (AvgIpc) is 2.67. The summed E-state index contributed by atoms with van der Waals surface area (Å²) in [6.07, 6.45) is 0.721. The van der Waals surface area contributed by atoms with Crippen LogP contribution in [-0.2, 0) is 9.53 Å². The van der Waals surface area contributed by atoms with Crippen LogP contribution in [0.15, 0.2) is 41.6 Å². The van der Waals surface area contributed by atoms with Gasteiger partial charge in [-0.3, -0.25) is 0 Å². The molecule has 1 aliphatic heterocycles. The Morgan fingerprint density at radius 1 is 1.35 bits per heavy atom. The van der Waals surface area contributed by atoms with Crippen molar-refractivity contribution in [3.05, 3.63) is 47.2 Å². The Morgan fingerprint density at radius 3 is 2.59 bits per heavy atom. The molecule has 17 heavy (non-hydrogen) atoms. The number of methoxy groups -OCH3 is 1. The second-order valence-electron chi connectivity index (χ2n) is 4.30. The molecular formula is C14H17NO2. The summed E-state index contributed by atoms with van der Waals surface area (Å²) >= 11 is 0. The van der Waals surface area contributed by atoms with Crippen LogP contribution >= 0.6 is 0 Å². The van der Waals surface area contributed by atoms with Crippen LogP contribution in [0.3, 0.4) is 0 Å². The van der Waals surface area contributed by atoms with Crippen molar-refractivity contribution in [3.8, 4) is 0 Å². The van der Waals surface area contributed by atoms with Crippen LogP contribution in [0.1, 0.15) is 24.9 Å². The van der Waals surface area contributed by atoms with Crippen molar-refractivity contribution in [3.63, 3.8) is 0 Å². The van der Waals surface area contributed by atoms with Gasteiger partial charge in [-0.2, -0.15) is 0 Å². The molecule has 0 bridgehead atoms. The van der Waals surface area contributed by atoms with E-state index in [1.165, 1.54) is 12.7 Å². The molecule has 1 aromatic carbocycles. The highest BCUT2D eigenvalue weighted by molar-refractivity contribution is 5.89. The summed E-state index contributed by atoms with van der Waals surface area (Å²) in [6.45, 7) is 1.97. The molecule has 0 radical (unpaired) electrons. The van der Waals surface area contributed by atoms with Crippen molar-refractivity contribution in [1.82, 2.24) is 4.90 Å². The quantitative estimate of drug-likeness (QED) is 0.732. The van der Waals surface area contributed by atoms with Crippen molar-refractivity contribution < 1.29 is 9.53 Å². The molecule has 1 unspecified atom stereocenters. The first-order valence-electron chi connectivity index (χ1n) is 5.71. The predicted octanol–water partition coefficient (Wildman–Crippen LogP) is 2.51. The Morgan fingerprint density at radius 2 is 2.00 bits per heavy atom. The maximum atomic E-state index is 11.6. The van der Waals surface area contributed by atoms with Gasteiger partial charge in [-0.15, -0.1) is 0 Å². The lowest BCUT2D eigenvalue weighted by atomic mass is 10.0. The molecule has 1 aromatic rings. The van der Waals surface area contributed by atoms with Gasteiger partial charge >= 0.3 is 5.97 Å². The highest BCUT2D eigenvalue weighted by Crippen LogP contribution is 2.37. The molecule has 0 saturated heterocycles. The largest absolute Gasteiger partial charge is 0.466 e. The fourth-order valence-electron chi connectivity index (χ4n) is 2.30. The molecule has 90 valence electrons. The molecule has 0 fully saturated rings. The number of carbonyl (C=O) groups is 1. The van der Waals surface area contributed by atoms with Gasteiger partial charge in [0.25, 0.3) is 0 Å². The van der Waals surface area contributed by atoms with E-state index >= 15 is 0 Å². The van der Waals surface area contributed by atoms with Crippen LogP contribution in [0.5, 0.6) is 0 Å². The molecule has 0 spiro atoms. The number of carbonyl (C=O) groups excluding carboxylic acids is 1. The molecule has 0 N–H and O–H groups in total. The molecular weight excluding hydrogens is 214 g/mol. The number of esters is 1. The molecule has 2 rings (SSSR count). The zero-order valence-electron chi connectivity index (χ0n) is 10.4. The van der Waals surface area contributed by atoms with Gasteiger partial charge in [0.1, 0.15) is 0 Å². The minimum absolute atomic E-state index is 0.215. The summed E-state index contributed by atoms with van der Waals surface area (Å²) in [7, 11) is 3.45. The number of ether oxygens (including phenoxy) is 1. The highest BCUT2D eigenvalue weighted by Gasteiger charge is 2.31. The summed E-state index contributed by atoms with van der Waals surface area (Å²) in [5, 5.41) is 0. The lowest BCUT2D eigenvalue weighted by molar-refractivity contribution is -0.136. The van der Waals surface area contributed by atoms with Gasteiger partial charge in [0, 0.05) is 19.2 Å². The van der Waals surface area contributed by atoms with Crippen LogP contribution in [0, 0.1) is 0 Å². The Kier molecular flexibility index (Phi) is 3.18. The first kappa shape index (κ1) is 11.7. The number of benzene rings is 1. The third kappa shape index (κ3) is 2.05. The van der Waals surface area contributed by atoms with E-state index in [0.29, 0.717) is 0 Å². The van der Waals surface area contributed by atoms with Gasteiger partial charge in [-0.1, -0.05) is 30.3 Å². The van der Waals surface area contributed by atoms with E-state index in [1.807, 2.05) is 32.2 Å². The van der Waals surface area contributed by atoms with Crippen molar-refractivity contribution in [2.24, 2.45) is 0 Å². The Bertz CT molecular complexity index is 451. The summed E-state index contributed by atoms with van der Waals surface area (Å²) in [5.74, 6) is -0.215. The minimum atomic E-state index is -0.215. The molecule has 0 amide bonds.